The van der Waals surface area contributed by atoms with Gasteiger partial charge in [-0.25, -0.2) is 4.79 Å². The Bertz CT molecular complexity index is 207. The quantitative estimate of drug-likeness (QED) is 0.764. The number of rotatable bonds is 2. The van der Waals surface area contributed by atoms with E-state index in [-0.39, 0.29) is 11.6 Å². The molecule has 88 valence electrons. The molecule has 1 saturated heterocycles. The summed E-state index contributed by atoms with van der Waals surface area (Å²) in [6, 6.07) is -0.0410. The van der Waals surface area contributed by atoms with Crippen molar-refractivity contribution in [2.45, 2.75) is 39.2 Å². The molecule has 1 aliphatic heterocycles. The van der Waals surface area contributed by atoms with Gasteiger partial charge in [0.2, 0.25) is 0 Å². The maximum Gasteiger partial charge on any atom is 0.315 e. The predicted octanol–water partition coefficient (Wildman–Crippen LogP) is 2.23. The number of urea groups is 1. The Morgan fingerprint density at radius 1 is 1.33 bits per heavy atom. The van der Waals surface area contributed by atoms with E-state index in [1.54, 1.807) is 0 Å². The highest BCUT2D eigenvalue weighted by Crippen LogP contribution is 2.21. The van der Waals surface area contributed by atoms with Crippen molar-refractivity contribution in [1.82, 2.24) is 10.6 Å². The minimum atomic E-state index is -0.146. The first kappa shape index (κ1) is 12.7. The lowest BCUT2D eigenvalue weighted by atomic mass is 10.0. The highest BCUT2D eigenvalue weighted by atomic mass is 32.2. The third-order valence-corrected chi connectivity index (χ3v) is 3.43. The van der Waals surface area contributed by atoms with Gasteiger partial charge >= 0.3 is 6.03 Å². The van der Waals surface area contributed by atoms with Gasteiger partial charge in [0, 0.05) is 12.1 Å². The van der Waals surface area contributed by atoms with Gasteiger partial charge in [-0.2, -0.15) is 11.8 Å². The summed E-state index contributed by atoms with van der Waals surface area (Å²) in [5.74, 6) is 3.16. The second-order valence-corrected chi connectivity index (χ2v) is 6.37. The lowest BCUT2D eigenvalue weighted by Crippen LogP contribution is -2.47. The predicted molar refractivity (Wildman–Crippen MR) is 66.3 cm³/mol. The summed E-state index contributed by atoms with van der Waals surface area (Å²) >= 11 is 2.01. The van der Waals surface area contributed by atoms with Gasteiger partial charge in [-0.15, -0.1) is 0 Å². The van der Waals surface area contributed by atoms with Crippen LogP contribution in [0.2, 0.25) is 0 Å². The van der Waals surface area contributed by atoms with Crippen molar-refractivity contribution in [1.29, 1.82) is 0 Å². The zero-order chi connectivity index (χ0) is 11.3. The van der Waals surface area contributed by atoms with E-state index in [4.69, 9.17) is 0 Å². The number of carbonyl (C=O) groups excluding carboxylic acids is 1. The second kappa shape index (κ2) is 5.64. The molecule has 0 bridgehead atoms. The van der Waals surface area contributed by atoms with Crippen LogP contribution in [-0.2, 0) is 0 Å². The van der Waals surface area contributed by atoms with Crippen LogP contribution < -0.4 is 10.6 Å². The van der Waals surface area contributed by atoms with Gasteiger partial charge in [0.1, 0.15) is 0 Å². The summed E-state index contributed by atoms with van der Waals surface area (Å²) < 4.78 is 0. The summed E-state index contributed by atoms with van der Waals surface area (Å²) in [6.07, 6.45) is 2.47. The largest absolute Gasteiger partial charge is 0.338 e. The first-order valence-corrected chi connectivity index (χ1v) is 6.76. The van der Waals surface area contributed by atoms with Crippen LogP contribution in [0.1, 0.15) is 33.6 Å². The average molecular weight is 230 g/mol. The fourth-order valence-corrected chi connectivity index (χ4v) is 2.78. The van der Waals surface area contributed by atoms with E-state index in [1.165, 1.54) is 24.3 Å². The van der Waals surface area contributed by atoms with Crippen molar-refractivity contribution in [3.63, 3.8) is 0 Å². The van der Waals surface area contributed by atoms with Crippen molar-refractivity contribution in [2.24, 2.45) is 5.92 Å². The number of nitrogens with one attached hydrogen (secondary N) is 2. The van der Waals surface area contributed by atoms with Crippen LogP contribution in [0, 0.1) is 5.92 Å². The van der Waals surface area contributed by atoms with Gasteiger partial charge in [-0.05, 0) is 51.0 Å². The SMILES string of the molecule is CC(C)(C)NC(=O)NCC1CCSCC1. The van der Waals surface area contributed by atoms with Crippen LogP contribution in [0.5, 0.6) is 0 Å². The number of amides is 2. The van der Waals surface area contributed by atoms with E-state index >= 15 is 0 Å². The third-order valence-electron chi connectivity index (χ3n) is 2.38. The Labute approximate surface area is 96.8 Å². The standard InChI is InChI=1S/C11H22N2OS/c1-11(2,3)13-10(14)12-8-9-4-6-15-7-5-9/h9H,4-8H2,1-3H3,(H2,12,13,14). The number of hydrogen-bond donors (Lipinski definition) is 2. The van der Waals surface area contributed by atoms with Gasteiger partial charge in [-0.1, -0.05) is 0 Å². The van der Waals surface area contributed by atoms with E-state index in [0.29, 0.717) is 5.92 Å². The summed E-state index contributed by atoms with van der Waals surface area (Å²) in [7, 11) is 0. The van der Waals surface area contributed by atoms with Crippen LogP contribution in [0.25, 0.3) is 0 Å². The van der Waals surface area contributed by atoms with E-state index in [1.807, 2.05) is 32.5 Å². The number of hydrogen-bond acceptors (Lipinski definition) is 2. The minimum Gasteiger partial charge on any atom is -0.338 e. The average Bonchev–Trinajstić information content (AvgIpc) is 2.14. The third kappa shape index (κ3) is 5.92. The molecule has 0 saturated carbocycles. The van der Waals surface area contributed by atoms with Crippen molar-refractivity contribution in [3.05, 3.63) is 0 Å². The summed E-state index contributed by atoms with van der Waals surface area (Å²) in [6.45, 7) is 6.79. The molecule has 15 heavy (non-hydrogen) atoms. The van der Waals surface area contributed by atoms with Crippen LogP contribution >= 0.6 is 11.8 Å². The van der Waals surface area contributed by atoms with E-state index < -0.39 is 0 Å². The Balaban J connectivity index is 2.15. The lowest BCUT2D eigenvalue weighted by molar-refractivity contribution is 0.229. The Hall–Kier alpha value is -0.380. The fourth-order valence-electron chi connectivity index (χ4n) is 1.57. The molecule has 0 spiro atoms. The van der Waals surface area contributed by atoms with Crippen molar-refractivity contribution in [2.75, 3.05) is 18.1 Å². The van der Waals surface area contributed by atoms with Gasteiger partial charge in [0.15, 0.2) is 0 Å². The molecular weight excluding hydrogens is 208 g/mol. The fraction of sp³-hybridized carbons (Fsp3) is 0.909. The normalized spacial score (nSPS) is 18.6. The zero-order valence-corrected chi connectivity index (χ0v) is 10.7. The molecule has 0 aromatic heterocycles. The van der Waals surface area contributed by atoms with E-state index in [0.717, 1.165) is 6.54 Å². The lowest BCUT2D eigenvalue weighted by Gasteiger charge is -2.24. The Morgan fingerprint density at radius 3 is 2.47 bits per heavy atom. The summed E-state index contributed by atoms with van der Waals surface area (Å²) in [5.41, 5.74) is -0.146. The molecule has 1 aliphatic rings. The second-order valence-electron chi connectivity index (χ2n) is 5.14. The van der Waals surface area contributed by atoms with Crippen LogP contribution in [0.4, 0.5) is 4.79 Å². The number of thioether (sulfide) groups is 1. The maximum absolute atomic E-state index is 11.5. The van der Waals surface area contributed by atoms with Gasteiger partial charge < -0.3 is 10.6 Å². The first-order valence-electron chi connectivity index (χ1n) is 5.61. The highest BCUT2D eigenvalue weighted by molar-refractivity contribution is 7.99. The molecule has 0 unspecified atom stereocenters. The summed E-state index contributed by atoms with van der Waals surface area (Å²) in [5, 5.41) is 5.85. The highest BCUT2D eigenvalue weighted by Gasteiger charge is 2.16. The first-order chi connectivity index (χ1) is 6.97. The van der Waals surface area contributed by atoms with Gasteiger partial charge in [0.25, 0.3) is 0 Å². The molecule has 1 heterocycles. The molecule has 0 aliphatic carbocycles. The van der Waals surface area contributed by atoms with E-state index in [2.05, 4.69) is 10.6 Å². The number of carbonyl (C=O) groups is 1. The molecule has 3 nitrogen and oxygen atoms in total. The molecule has 0 radical (unpaired) electrons. The molecule has 0 aromatic rings. The van der Waals surface area contributed by atoms with Crippen molar-refractivity contribution in [3.8, 4) is 0 Å². The van der Waals surface area contributed by atoms with Crippen molar-refractivity contribution >= 4 is 17.8 Å². The van der Waals surface area contributed by atoms with Crippen LogP contribution in [0.15, 0.2) is 0 Å². The molecule has 4 heteroatoms. The van der Waals surface area contributed by atoms with Crippen LogP contribution in [0.3, 0.4) is 0 Å². The molecule has 1 rings (SSSR count). The summed E-state index contributed by atoms with van der Waals surface area (Å²) in [4.78, 5) is 11.5. The van der Waals surface area contributed by atoms with Crippen molar-refractivity contribution < 1.29 is 4.79 Å². The Morgan fingerprint density at radius 2 is 1.93 bits per heavy atom. The van der Waals surface area contributed by atoms with Gasteiger partial charge in [0.05, 0.1) is 0 Å². The van der Waals surface area contributed by atoms with Gasteiger partial charge in [-0.3, -0.25) is 0 Å². The molecule has 1 fully saturated rings. The molecular formula is C11H22N2OS. The zero-order valence-electron chi connectivity index (χ0n) is 9.93. The minimum absolute atomic E-state index is 0.0410. The Kier molecular flexibility index (Phi) is 4.77. The molecule has 2 amide bonds. The topological polar surface area (TPSA) is 41.1 Å². The molecule has 2 N–H and O–H groups in total. The molecule has 0 aromatic carbocycles. The molecule has 0 atom stereocenters. The maximum atomic E-state index is 11.5. The van der Waals surface area contributed by atoms with E-state index in [9.17, 15) is 4.79 Å². The smallest absolute Gasteiger partial charge is 0.315 e. The van der Waals surface area contributed by atoms with Crippen LogP contribution in [-0.4, -0.2) is 29.6 Å². The monoisotopic (exact) mass is 230 g/mol.